The molecule has 2 aromatic carbocycles. The van der Waals surface area contributed by atoms with Gasteiger partial charge in [0.2, 0.25) is 0 Å². The number of fused-ring (bicyclic) bond motifs is 1. The number of ether oxygens (including phenoxy) is 1. The first-order valence-electron chi connectivity index (χ1n) is 8.30. The fourth-order valence-corrected chi connectivity index (χ4v) is 2.74. The molecular formula is C19H20ClN3O3. The van der Waals surface area contributed by atoms with Crippen LogP contribution in [-0.4, -0.2) is 26.1 Å². The second-order valence-corrected chi connectivity index (χ2v) is 7.48. The van der Waals surface area contributed by atoms with Crippen LogP contribution in [0.25, 0.3) is 16.7 Å². The third-order valence-corrected chi connectivity index (χ3v) is 4.18. The van der Waals surface area contributed by atoms with E-state index in [2.05, 4.69) is 10.2 Å². The Hall–Kier alpha value is -2.60. The van der Waals surface area contributed by atoms with Crippen LogP contribution in [0.4, 0.5) is 0 Å². The maximum absolute atomic E-state index is 11.7. The van der Waals surface area contributed by atoms with Crippen LogP contribution in [0, 0.1) is 0 Å². The molecule has 0 atom stereocenters. The minimum atomic E-state index is -0.372. The van der Waals surface area contributed by atoms with Crippen LogP contribution in [-0.2, 0) is 10.2 Å². The smallest absolute Gasteiger partial charge is 0.310 e. The fourth-order valence-electron chi connectivity index (χ4n) is 2.58. The molecule has 0 radical (unpaired) electrons. The minimum Gasteiger partial charge on any atom is -0.505 e. The second-order valence-electron chi connectivity index (χ2n) is 7.04. The molecule has 0 unspecified atom stereocenters. The van der Waals surface area contributed by atoms with Crippen molar-refractivity contribution >= 4 is 28.6 Å². The molecule has 0 fully saturated rings. The second kappa shape index (κ2) is 6.61. The summed E-state index contributed by atoms with van der Waals surface area (Å²) in [7, 11) is 0. The zero-order valence-electron chi connectivity index (χ0n) is 15.1. The molecule has 3 aromatic rings. The number of esters is 1. The van der Waals surface area contributed by atoms with Gasteiger partial charge in [0.05, 0.1) is 0 Å². The Labute approximate surface area is 156 Å². The highest BCUT2D eigenvalue weighted by molar-refractivity contribution is 6.31. The van der Waals surface area contributed by atoms with Crippen molar-refractivity contribution in [3.8, 4) is 17.2 Å². The van der Waals surface area contributed by atoms with Gasteiger partial charge in [-0.1, -0.05) is 39.3 Å². The predicted octanol–water partition coefficient (Wildman–Crippen LogP) is 4.39. The number of aromatic nitrogens is 3. The van der Waals surface area contributed by atoms with Crippen LogP contribution in [0.1, 0.15) is 39.7 Å². The third-order valence-electron chi connectivity index (χ3n) is 3.95. The average Bonchev–Trinajstić information content (AvgIpc) is 2.97. The number of phenols is 1. The molecule has 3 rings (SSSR count). The lowest BCUT2D eigenvalue weighted by molar-refractivity contribution is -0.134. The van der Waals surface area contributed by atoms with Crippen molar-refractivity contribution in [2.75, 3.05) is 0 Å². The number of hydrogen-bond acceptors (Lipinski definition) is 5. The van der Waals surface area contributed by atoms with E-state index in [-0.39, 0.29) is 23.6 Å². The zero-order valence-corrected chi connectivity index (χ0v) is 15.8. The van der Waals surface area contributed by atoms with E-state index < -0.39 is 0 Å². The summed E-state index contributed by atoms with van der Waals surface area (Å²) in [4.78, 5) is 13.0. The molecule has 7 heteroatoms. The molecule has 1 heterocycles. The summed E-state index contributed by atoms with van der Waals surface area (Å²) in [5, 5.41) is 20.1. The first-order chi connectivity index (χ1) is 12.2. The topological polar surface area (TPSA) is 77.2 Å². The number of halogens is 1. The summed E-state index contributed by atoms with van der Waals surface area (Å²) in [6, 6.07) is 8.40. The van der Waals surface area contributed by atoms with E-state index >= 15 is 0 Å². The lowest BCUT2D eigenvalue weighted by atomic mass is 9.86. The Morgan fingerprint density at radius 2 is 1.88 bits per heavy atom. The van der Waals surface area contributed by atoms with Gasteiger partial charge in [0.1, 0.15) is 28.2 Å². The summed E-state index contributed by atoms with van der Waals surface area (Å²) >= 11 is 6.00. The number of hydrogen-bond donors (Lipinski definition) is 1. The molecule has 0 amide bonds. The van der Waals surface area contributed by atoms with Crippen molar-refractivity contribution in [2.45, 2.75) is 39.5 Å². The molecule has 6 nitrogen and oxygen atoms in total. The van der Waals surface area contributed by atoms with E-state index in [1.54, 1.807) is 37.3 Å². The van der Waals surface area contributed by atoms with Crippen molar-refractivity contribution in [3.63, 3.8) is 0 Å². The maximum Gasteiger partial charge on any atom is 0.310 e. The average molecular weight is 374 g/mol. The number of carbonyl (C=O) groups is 1. The first-order valence-corrected chi connectivity index (χ1v) is 8.68. The summed E-state index contributed by atoms with van der Waals surface area (Å²) in [6.45, 7) is 7.61. The quantitative estimate of drug-likeness (QED) is 0.544. The van der Waals surface area contributed by atoms with Gasteiger partial charge in [-0.3, -0.25) is 4.79 Å². The van der Waals surface area contributed by atoms with Gasteiger partial charge in [-0.2, -0.15) is 0 Å². The summed E-state index contributed by atoms with van der Waals surface area (Å²) in [5.74, 6) is 0.0287. The zero-order chi connectivity index (χ0) is 19.1. The van der Waals surface area contributed by atoms with Crippen molar-refractivity contribution in [2.24, 2.45) is 0 Å². The number of rotatable bonds is 3. The lowest BCUT2D eigenvalue weighted by Crippen LogP contribution is -2.14. The van der Waals surface area contributed by atoms with Crippen LogP contribution in [0.15, 0.2) is 30.3 Å². The van der Waals surface area contributed by atoms with Crippen molar-refractivity contribution in [1.29, 1.82) is 0 Å². The summed E-state index contributed by atoms with van der Waals surface area (Å²) < 4.78 is 5.37. The molecule has 0 spiro atoms. The fraction of sp³-hybridized carbons (Fsp3) is 0.316. The highest BCUT2D eigenvalue weighted by Crippen LogP contribution is 2.38. The molecule has 26 heavy (non-hydrogen) atoms. The number of carbonyl (C=O) groups excluding carboxylic acids is 1. The Bertz CT molecular complexity index is 990. The minimum absolute atomic E-state index is 0.0419. The van der Waals surface area contributed by atoms with Gasteiger partial charge in [0.15, 0.2) is 0 Å². The van der Waals surface area contributed by atoms with Crippen LogP contribution >= 0.6 is 11.6 Å². The maximum atomic E-state index is 11.7. The number of nitrogens with zero attached hydrogens (tertiary/aromatic N) is 3. The Morgan fingerprint density at radius 1 is 1.19 bits per heavy atom. The molecule has 0 saturated heterocycles. The normalized spacial score (nSPS) is 11.7. The van der Waals surface area contributed by atoms with Gasteiger partial charge in [0.25, 0.3) is 0 Å². The van der Waals surface area contributed by atoms with E-state index in [0.29, 0.717) is 33.1 Å². The Kier molecular flexibility index (Phi) is 4.63. The van der Waals surface area contributed by atoms with Crippen molar-refractivity contribution in [1.82, 2.24) is 15.0 Å². The van der Waals surface area contributed by atoms with E-state index in [0.717, 1.165) is 0 Å². The molecular weight excluding hydrogens is 354 g/mol. The van der Waals surface area contributed by atoms with E-state index in [1.807, 2.05) is 20.8 Å². The highest BCUT2D eigenvalue weighted by Gasteiger charge is 2.24. The number of benzene rings is 2. The van der Waals surface area contributed by atoms with Crippen LogP contribution in [0.5, 0.6) is 11.5 Å². The first kappa shape index (κ1) is 18.2. The van der Waals surface area contributed by atoms with Gasteiger partial charge < -0.3 is 9.84 Å². The van der Waals surface area contributed by atoms with Gasteiger partial charge in [0, 0.05) is 23.1 Å². The van der Waals surface area contributed by atoms with Crippen molar-refractivity contribution in [3.05, 3.63) is 40.9 Å². The van der Waals surface area contributed by atoms with Gasteiger partial charge in [-0.15, -0.1) is 15.0 Å². The molecule has 0 aliphatic carbocycles. The monoisotopic (exact) mass is 373 g/mol. The Morgan fingerprint density at radius 3 is 2.54 bits per heavy atom. The number of aromatic hydroxyl groups is 1. The largest absolute Gasteiger partial charge is 0.505 e. The lowest BCUT2D eigenvalue weighted by Gasteiger charge is -2.22. The summed E-state index contributed by atoms with van der Waals surface area (Å²) in [5.41, 5.74) is 1.84. The predicted molar refractivity (Wildman–Crippen MR) is 100 cm³/mol. The molecule has 0 aliphatic rings. The van der Waals surface area contributed by atoms with Gasteiger partial charge in [-0.05, 0) is 29.7 Å². The van der Waals surface area contributed by atoms with E-state index in [4.69, 9.17) is 16.3 Å². The van der Waals surface area contributed by atoms with Gasteiger partial charge in [-0.25, -0.2) is 0 Å². The SMILES string of the molecule is CCC(=O)Oc1cc(-n2nc3ccc(Cl)cc3n2)c(O)c(C(C)(C)C)c1. The van der Waals surface area contributed by atoms with Crippen LogP contribution in [0.2, 0.25) is 5.02 Å². The molecule has 0 saturated carbocycles. The van der Waals surface area contributed by atoms with Crippen LogP contribution in [0.3, 0.4) is 0 Å². The molecule has 1 N–H and O–H groups in total. The third kappa shape index (κ3) is 3.51. The molecule has 0 aliphatic heterocycles. The number of phenolic OH excluding ortho intramolecular Hbond substituents is 1. The molecule has 136 valence electrons. The van der Waals surface area contributed by atoms with Crippen molar-refractivity contribution < 1.29 is 14.6 Å². The van der Waals surface area contributed by atoms with E-state index in [9.17, 15) is 9.90 Å². The molecule has 0 bridgehead atoms. The van der Waals surface area contributed by atoms with Gasteiger partial charge >= 0.3 is 5.97 Å². The summed E-state index contributed by atoms with van der Waals surface area (Å²) in [6.07, 6.45) is 0.253. The van der Waals surface area contributed by atoms with E-state index in [1.165, 1.54) is 4.80 Å². The molecule has 1 aromatic heterocycles. The highest BCUT2D eigenvalue weighted by atomic mass is 35.5. The van der Waals surface area contributed by atoms with Crippen LogP contribution < -0.4 is 4.74 Å². The standard InChI is InChI=1S/C19H20ClN3O3/c1-5-17(24)26-12-9-13(19(2,3)4)18(25)16(10-12)23-21-14-7-6-11(20)8-15(14)22-23/h6-10,25H,5H2,1-4H3. The Balaban J connectivity index is 2.20.